The number of rotatable bonds is 5. The molecule has 0 aliphatic carbocycles. The van der Waals surface area contributed by atoms with Gasteiger partial charge in [-0.3, -0.25) is 4.99 Å². The number of hydrogen-bond donors (Lipinski definition) is 1. The normalized spacial score (nSPS) is 17.8. The van der Waals surface area contributed by atoms with E-state index in [-0.39, 0.29) is 18.3 Å². The highest BCUT2D eigenvalue weighted by Crippen LogP contribution is 2.23. The lowest BCUT2D eigenvalue weighted by Gasteiger charge is -2.31. The smallest absolute Gasteiger partial charge is 0.354 e. The summed E-state index contributed by atoms with van der Waals surface area (Å²) >= 11 is 0. The van der Waals surface area contributed by atoms with Gasteiger partial charge in [-0.2, -0.15) is 0 Å². The Morgan fingerprint density at radius 1 is 1.30 bits per heavy atom. The number of ether oxygens (including phenoxy) is 2. The second kappa shape index (κ2) is 9.73. The van der Waals surface area contributed by atoms with Crippen LogP contribution in [0.25, 0.3) is 0 Å². The van der Waals surface area contributed by atoms with Gasteiger partial charge in [-0.25, -0.2) is 14.6 Å². The number of anilines is 1. The molecule has 1 fully saturated rings. The average Bonchev–Trinajstić information content (AvgIpc) is 2.66. The van der Waals surface area contributed by atoms with Crippen molar-refractivity contribution in [2.24, 2.45) is 10.7 Å². The highest BCUT2D eigenvalue weighted by molar-refractivity contribution is 6.08. The van der Waals surface area contributed by atoms with Crippen molar-refractivity contribution in [1.29, 1.82) is 0 Å². The Bertz CT molecular complexity index is 836. The van der Waals surface area contributed by atoms with E-state index in [0.717, 1.165) is 5.71 Å². The molecule has 164 valence electrons. The summed E-state index contributed by atoms with van der Waals surface area (Å²) in [5.41, 5.74) is 7.49. The van der Waals surface area contributed by atoms with Crippen LogP contribution in [0.5, 0.6) is 0 Å². The first-order valence-corrected chi connectivity index (χ1v) is 10.2. The third kappa shape index (κ3) is 6.30. The minimum absolute atomic E-state index is 0.0753. The molecule has 0 aromatic carbocycles. The van der Waals surface area contributed by atoms with E-state index < -0.39 is 17.5 Å². The van der Waals surface area contributed by atoms with Crippen molar-refractivity contribution in [2.75, 3.05) is 24.6 Å². The molecule has 0 spiro atoms. The van der Waals surface area contributed by atoms with E-state index in [1.54, 1.807) is 19.1 Å². The van der Waals surface area contributed by atoms with Gasteiger partial charge >= 0.3 is 11.9 Å². The molecule has 8 heteroatoms. The van der Waals surface area contributed by atoms with Crippen molar-refractivity contribution < 1.29 is 19.1 Å². The van der Waals surface area contributed by atoms with Crippen LogP contribution in [0.1, 0.15) is 58.3 Å². The molecular weight excluding hydrogens is 384 g/mol. The maximum Gasteiger partial charge on any atom is 0.354 e. The number of nitrogens with zero attached hydrogens (tertiary/aromatic N) is 3. The molecule has 1 aromatic rings. The van der Waals surface area contributed by atoms with Crippen molar-refractivity contribution in [1.82, 2.24) is 4.98 Å². The van der Waals surface area contributed by atoms with Gasteiger partial charge < -0.3 is 20.1 Å². The summed E-state index contributed by atoms with van der Waals surface area (Å²) in [4.78, 5) is 35.5. The lowest BCUT2D eigenvalue weighted by Crippen LogP contribution is -2.39. The molecule has 0 amide bonds. The molecule has 2 heterocycles. The highest BCUT2D eigenvalue weighted by atomic mass is 16.6. The van der Waals surface area contributed by atoms with Crippen molar-refractivity contribution >= 4 is 23.5 Å². The lowest BCUT2D eigenvalue weighted by atomic mass is 9.99. The Kier molecular flexibility index (Phi) is 7.59. The molecule has 1 aliphatic heterocycles. The number of carbonyl (C=O) groups is 2. The molecule has 8 nitrogen and oxygen atoms in total. The molecule has 1 saturated heterocycles. The summed E-state index contributed by atoms with van der Waals surface area (Å²) in [6, 6.07) is 3.54. The summed E-state index contributed by atoms with van der Waals surface area (Å²) in [6.45, 7) is 12.5. The van der Waals surface area contributed by atoms with Crippen molar-refractivity contribution in [3.8, 4) is 0 Å². The van der Waals surface area contributed by atoms with Crippen LogP contribution in [-0.2, 0) is 14.3 Å². The topological polar surface area (TPSA) is 107 Å². The SMILES string of the molecule is CCOC(=O)/C(N)=C1\CN(c2ccc(C(=O)OC(C)(C)C)cn2)CCC1=NC(C)C. The van der Waals surface area contributed by atoms with E-state index >= 15 is 0 Å². The number of aromatic nitrogens is 1. The minimum atomic E-state index is -0.570. The maximum atomic E-state index is 12.2. The fourth-order valence-corrected chi connectivity index (χ4v) is 3.01. The van der Waals surface area contributed by atoms with Crippen LogP contribution < -0.4 is 10.6 Å². The van der Waals surface area contributed by atoms with E-state index in [1.165, 1.54) is 6.20 Å². The van der Waals surface area contributed by atoms with Gasteiger partial charge in [-0.1, -0.05) is 0 Å². The molecule has 0 saturated carbocycles. The van der Waals surface area contributed by atoms with E-state index in [1.807, 2.05) is 39.5 Å². The van der Waals surface area contributed by atoms with Gasteiger partial charge in [0.15, 0.2) is 0 Å². The van der Waals surface area contributed by atoms with Gasteiger partial charge in [0.25, 0.3) is 0 Å². The van der Waals surface area contributed by atoms with Gasteiger partial charge in [0.2, 0.25) is 0 Å². The summed E-state index contributed by atoms with van der Waals surface area (Å²) in [7, 11) is 0. The van der Waals surface area contributed by atoms with Crippen LogP contribution in [0.3, 0.4) is 0 Å². The zero-order valence-corrected chi connectivity index (χ0v) is 18.7. The van der Waals surface area contributed by atoms with E-state index in [2.05, 4.69) is 9.98 Å². The van der Waals surface area contributed by atoms with Crippen LogP contribution in [0.15, 0.2) is 34.6 Å². The van der Waals surface area contributed by atoms with E-state index in [0.29, 0.717) is 36.5 Å². The van der Waals surface area contributed by atoms with Crippen LogP contribution in [0.2, 0.25) is 0 Å². The Morgan fingerprint density at radius 3 is 2.53 bits per heavy atom. The summed E-state index contributed by atoms with van der Waals surface area (Å²) < 4.78 is 10.4. The number of aliphatic imine (C=N–C) groups is 1. The summed E-state index contributed by atoms with van der Waals surface area (Å²) in [5.74, 6) is -0.280. The van der Waals surface area contributed by atoms with E-state index in [4.69, 9.17) is 15.2 Å². The average molecular weight is 417 g/mol. The van der Waals surface area contributed by atoms with Gasteiger partial charge in [-0.15, -0.1) is 0 Å². The molecule has 0 atom stereocenters. The van der Waals surface area contributed by atoms with Gasteiger partial charge in [0.1, 0.15) is 17.1 Å². The summed E-state index contributed by atoms with van der Waals surface area (Å²) in [6.07, 6.45) is 2.13. The molecule has 2 rings (SSSR count). The Hall–Kier alpha value is -2.90. The van der Waals surface area contributed by atoms with Crippen LogP contribution in [0.4, 0.5) is 5.82 Å². The third-order valence-electron chi connectivity index (χ3n) is 4.26. The zero-order chi connectivity index (χ0) is 22.5. The Labute approximate surface area is 178 Å². The van der Waals surface area contributed by atoms with E-state index in [9.17, 15) is 9.59 Å². The van der Waals surface area contributed by atoms with Crippen molar-refractivity contribution in [3.63, 3.8) is 0 Å². The molecule has 1 aliphatic rings. The number of pyridine rings is 1. The van der Waals surface area contributed by atoms with Gasteiger partial charge in [0.05, 0.1) is 12.2 Å². The van der Waals surface area contributed by atoms with Crippen molar-refractivity contribution in [2.45, 2.75) is 59.6 Å². The molecule has 2 N–H and O–H groups in total. The molecule has 0 radical (unpaired) electrons. The second-order valence-electron chi connectivity index (χ2n) is 8.36. The first kappa shape index (κ1) is 23.4. The molecule has 0 unspecified atom stereocenters. The molecule has 1 aromatic heterocycles. The molecule has 30 heavy (non-hydrogen) atoms. The fraction of sp³-hybridized carbons (Fsp3) is 0.545. The predicted octanol–water partition coefficient (Wildman–Crippen LogP) is 2.87. The summed E-state index contributed by atoms with van der Waals surface area (Å²) in [5, 5.41) is 0. The first-order valence-electron chi connectivity index (χ1n) is 10.2. The Morgan fingerprint density at radius 2 is 2.00 bits per heavy atom. The zero-order valence-electron chi connectivity index (χ0n) is 18.7. The lowest BCUT2D eigenvalue weighted by molar-refractivity contribution is -0.138. The number of nitrogens with two attached hydrogens (primary N) is 1. The number of hydrogen-bond acceptors (Lipinski definition) is 8. The van der Waals surface area contributed by atoms with Gasteiger partial charge in [-0.05, 0) is 53.7 Å². The van der Waals surface area contributed by atoms with Gasteiger partial charge in [0, 0.05) is 43.0 Å². The van der Waals surface area contributed by atoms with Crippen LogP contribution in [0, 0.1) is 0 Å². The van der Waals surface area contributed by atoms with Crippen LogP contribution in [-0.4, -0.2) is 54.0 Å². The number of piperidine rings is 1. The Balaban J connectivity index is 2.26. The molecular formula is C22H32N4O4. The largest absolute Gasteiger partial charge is 0.461 e. The minimum Gasteiger partial charge on any atom is -0.461 e. The third-order valence-corrected chi connectivity index (χ3v) is 4.26. The maximum absolute atomic E-state index is 12.2. The molecule has 0 bridgehead atoms. The number of carbonyl (C=O) groups excluding carboxylic acids is 2. The second-order valence-corrected chi connectivity index (χ2v) is 8.36. The quantitative estimate of drug-likeness (QED) is 0.581. The van der Waals surface area contributed by atoms with Crippen LogP contribution >= 0.6 is 0 Å². The van der Waals surface area contributed by atoms with Crippen molar-refractivity contribution in [3.05, 3.63) is 35.2 Å². The monoisotopic (exact) mass is 416 g/mol. The first-order chi connectivity index (χ1) is 14.0. The predicted molar refractivity (Wildman–Crippen MR) is 117 cm³/mol. The fourth-order valence-electron chi connectivity index (χ4n) is 3.01. The standard InChI is InChI=1S/C22H32N4O4/c1-7-29-21(28)19(23)16-13-26(11-10-17(16)25-14(2)3)18-9-8-15(12-24-18)20(27)30-22(4,5)6/h8-9,12,14H,7,10-11,13,23H2,1-6H3/b19-16-,25-17?. The highest BCUT2D eigenvalue weighted by Gasteiger charge is 2.27. The number of esters is 2.